The molecule has 1 saturated carbocycles. The number of rotatable bonds is 10. The lowest BCUT2D eigenvalue weighted by Crippen LogP contribution is -2.17. The zero-order valence-electron chi connectivity index (χ0n) is 40.4. The molecule has 0 atom stereocenters. The number of aryl methyl sites for hydroxylation is 1. The van der Waals surface area contributed by atoms with Crippen molar-refractivity contribution in [1.29, 1.82) is 0 Å². The van der Waals surface area contributed by atoms with Crippen molar-refractivity contribution < 1.29 is 0 Å². The molecule has 0 bridgehead atoms. The molecule has 1 fully saturated rings. The zero-order valence-corrected chi connectivity index (χ0v) is 40.4. The van der Waals surface area contributed by atoms with Crippen LogP contribution in [-0.2, 0) is 5.41 Å². The monoisotopic (exact) mass is 902 g/mol. The summed E-state index contributed by atoms with van der Waals surface area (Å²) in [6.45, 7) is 7.00. The number of hydrogen-bond acceptors (Lipinski definition) is 2. The summed E-state index contributed by atoms with van der Waals surface area (Å²) in [6.07, 6.45) is 6.77. The molecular weight excluding hydrogens is 845 g/mol. The molecule has 2 aliphatic rings. The molecular formula is C68H58N2. The van der Waals surface area contributed by atoms with E-state index in [1.54, 1.807) is 0 Å². The van der Waals surface area contributed by atoms with Crippen LogP contribution in [-0.4, -0.2) is 0 Å². The van der Waals surface area contributed by atoms with E-state index in [0.29, 0.717) is 0 Å². The highest BCUT2D eigenvalue weighted by Gasteiger charge is 2.37. The molecule has 2 aliphatic carbocycles. The molecule has 0 unspecified atom stereocenters. The summed E-state index contributed by atoms with van der Waals surface area (Å²) in [6, 6.07) is 83.2. The maximum absolute atomic E-state index is 3.61. The lowest BCUT2D eigenvalue weighted by molar-refractivity contribution is 0.443. The molecule has 0 heterocycles. The maximum atomic E-state index is 3.61. The third-order valence-electron chi connectivity index (χ3n) is 15.4. The molecule has 12 rings (SSSR count). The Balaban J connectivity index is 0.812. The molecule has 340 valence electrons. The second-order valence-electron chi connectivity index (χ2n) is 20.1. The van der Waals surface area contributed by atoms with Crippen LogP contribution in [0.1, 0.15) is 74.1 Å². The molecule has 1 N–H and O–H groups in total. The van der Waals surface area contributed by atoms with E-state index in [0.717, 1.165) is 34.4 Å². The molecule has 10 aromatic rings. The first-order chi connectivity index (χ1) is 34.3. The Labute approximate surface area is 414 Å². The first-order valence-electron chi connectivity index (χ1n) is 25.3. The Hall–Kier alpha value is -7.94. The van der Waals surface area contributed by atoms with Crippen molar-refractivity contribution in [2.24, 2.45) is 0 Å². The van der Waals surface area contributed by atoms with Gasteiger partial charge in [-0.05, 0) is 169 Å². The fraction of sp³-hybridized carbons (Fsp3) is 0.147. The van der Waals surface area contributed by atoms with Gasteiger partial charge in [-0.1, -0.05) is 197 Å². The van der Waals surface area contributed by atoms with Crippen LogP contribution in [0.4, 0.5) is 28.4 Å². The fourth-order valence-electron chi connectivity index (χ4n) is 11.5. The molecule has 0 amide bonds. The summed E-state index contributed by atoms with van der Waals surface area (Å²) in [7, 11) is 0. The first-order valence-corrected chi connectivity index (χ1v) is 25.3. The van der Waals surface area contributed by atoms with Gasteiger partial charge in [-0.25, -0.2) is 0 Å². The largest absolute Gasteiger partial charge is 0.356 e. The van der Waals surface area contributed by atoms with Gasteiger partial charge in [0.2, 0.25) is 0 Å². The predicted octanol–water partition coefficient (Wildman–Crippen LogP) is 19.4. The van der Waals surface area contributed by atoms with E-state index >= 15 is 0 Å². The standard InChI is InChI=1S/C68H58N2/c1-46-13-12-20-64-67(46)62-42-41-61(45-65(62)68(64,2)3)70(66-44-57-19-11-10-18-56(57)43-63(66)55-16-8-5-9-17-55)60-39-33-54(34-40-60)51-27-23-49(24-28-51)48-21-25-50(26-22-48)53-31-37-59(38-32-53)69-58-35-29-52(30-36-58)47-14-6-4-7-15-47/h5,8-13,16-45,47,69H,4,6-7,14-15H2,1-3H3. The second kappa shape index (κ2) is 18.2. The van der Waals surface area contributed by atoms with Gasteiger partial charge in [-0.3, -0.25) is 0 Å². The van der Waals surface area contributed by atoms with Crippen LogP contribution in [0, 0.1) is 6.92 Å². The summed E-state index contributed by atoms with van der Waals surface area (Å²) < 4.78 is 0. The minimum Gasteiger partial charge on any atom is -0.356 e. The average molecular weight is 903 g/mol. The van der Waals surface area contributed by atoms with Gasteiger partial charge in [0.25, 0.3) is 0 Å². The van der Waals surface area contributed by atoms with E-state index < -0.39 is 0 Å². The van der Waals surface area contributed by atoms with Gasteiger partial charge in [0.05, 0.1) is 5.69 Å². The number of anilines is 5. The van der Waals surface area contributed by atoms with Gasteiger partial charge >= 0.3 is 0 Å². The van der Waals surface area contributed by atoms with Gasteiger partial charge in [-0.2, -0.15) is 0 Å². The second-order valence-corrected chi connectivity index (χ2v) is 20.1. The Bertz CT molecular complexity index is 3470. The van der Waals surface area contributed by atoms with Crippen molar-refractivity contribution in [1.82, 2.24) is 0 Å². The minimum absolute atomic E-state index is 0.131. The highest BCUT2D eigenvalue weighted by molar-refractivity contribution is 5.99. The lowest BCUT2D eigenvalue weighted by Gasteiger charge is -2.30. The average Bonchev–Trinajstić information content (AvgIpc) is 3.65. The van der Waals surface area contributed by atoms with Crippen molar-refractivity contribution in [3.63, 3.8) is 0 Å². The summed E-state index contributed by atoms with van der Waals surface area (Å²) in [4.78, 5) is 2.47. The summed E-state index contributed by atoms with van der Waals surface area (Å²) >= 11 is 0. The van der Waals surface area contributed by atoms with E-state index in [2.05, 4.69) is 255 Å². The van der Waals surface area contributed by atoms with Crippen molar-refractivity contribution in [3.8, 4) is 55.6 Å². The van der Waals surface area contributed by atoms with E-state index in [4.69, 9.17) is 0 Å². The quantitative estimate of drug-likeness (QED) is 0.147. The molecule has 2 nitrogen and oxygen atoms in total. The van der Waals surface area contributed by atoms with Crippen LogP contribution in [0.3, 0.4) is 0 Å². The smallest absolute Gasteiger partial charge is 0.0546 e. The molecule has 10 aromatic carbocycles. The van der Waals surface area contributed by atoms with E-state index in [1.165, 1.54) is 121 Å². The molecule has 0 aromatic heterocycles. The molecule has 0 spiro atoms. The van der Waals surface area contributed by atoms with Gasteiger partial charge in [0.1, 0.15) is 0 Å². The normalized spacial score (nSPS) is 14.0. The van der Waals surface area contributed by atoms with Gasteiger partial charge in [0.15, 0.2) is 0 Å². The molecule has 2 heteroatoms. The Morgan fingerprint density at radius 1 is 0.414 bits per heavy atom. The number of nitrogens with zero attached hydrogens (tertiary/aromatic N) is 1. The summed E-state index contributed by atoms with van der Waals surface area (Å²) in [5, 5.41) is 6.05. The zero-order chi connectivity index (χ0) is 47.2. The SMILES string of the molecule is Cc1cccc2c1-c1ccc(N(c3ccc(-c4ccc(-c5ccc(-c6ccc(Nc7ccc(C8CCCCC8)cc7)cc6)cc5)cc4)cc3)c3cc4ccccc4cc3-c3ccccc3)cc1C2(C)C. The minimum atomic E-state index is -0.131. The van der Waals surface area contributed by atoms with Crippen LogP contribution in [0.25, 0.3) is 66.4 Å². The van der Waals surface area contributed by atoms with E-state index in [9.17, 15) is 0 Å². The number of nitrogens with one attached hydrogen (secondary N) is 1. The van der Waals surface area contributed by atoms with Gasteiger partial charge in [0, 0.05) is 33.7 Å². The summed E-state index contributed by atoms with van der Waals surface area (Å²) in [5.74, 6) is 0.729. The van der Waals surface area contributed by atoms with Crippen LogP contribution < -0.4 is 10.2 Å². The lowest BCUT2D eigenvalue weighted by atomic mass is 9.82. The Morgan fingerprint density at radius 3 is 1.53 bits per heavy atom. The fourth-order valence-corrected chi connectivity index (χ4v) is 11.5. The highest BCUT2D eigenvalue weighted by atomic mass is 15.1. The van der Waals surface area contributed by atoms with Crippen LogP contribution in [0.15, 0.2) is 224 Å². The first kappa shape index (κ1) is 43.3. The third-order valence-corrected chi connectivity index (χ3v) is 15.4. The van der Waals surface area contributed by atoms with E-state index in [-0.39, 0.29) is 5.41 Å². The molecule has 0 aliphatic heterocycles. The van der Waals surface area contributed by atoms with Gasteiger partial charge < -0.3 is 10.2 Å². The Kier molecular flexibility index (Phi) is 11.3. The number of benzene rings is 10. The number of hydrogen-bond donors (Lipinski definition) is 1. The highest BCUT2D eigenvalue weighted by Crippen LogP contribution is 2.52. The number of fused-ring (bicyclic) bond motifs is 4. The van der Waals surface area contributed by atoms with Crippen LogP contribution in [0.2, 0.25) is 0 Å². The summed E-state index contributed by atoms with van der Waals surface area (Å²) in [5.41, 5.74) is 23.4. The van der Waals surface area contributed by atoms with Crippen LogP contribution >= 0.6 is 0 Å². The topological polar surface area (TPSA) is 15.3 Å². The van der Waals surface area contributed by atoms with E-state index in [1.807, 2.05) is 0 Å². The molecule has 0 radical (unpaired) electrons. The molecule has 70 heavy (non-hydrogen) atoms. The van der Waals surface area contributed by atoms with Crippen LogP contribution in [0.5, 0.6) is 0 Å². The van der Waals surface area contributed by atoms with Crippen molar-refractivity contribution in [3.05, 3.63) is 247 Å². The maximum Gasteiger partial charge on any atom is 0.0546 e. The predicted molar refractivity (Wildman–Crippen MR) is 298 cm³/mol. The van der Waals surface area contributed by atoms with Crippen molar-refractivity contribution in [2.45, 2.75) is 64.2 Å². The third kappa shape index (κ3) is 8.18. The van der Waals surface area contributed by atoms with Gasteiger partial charge in [-0.15, -0.1) is 0 Å². The van der Waals surface area contributed by atoms with Crippen molar-refractivity contribution in [2.75, 3.05) is 10.2 Å². The van der Waals surface area contributed by atoms with Crippen molar-refractivity contribution >= 4 is 39.2 Å². The molecule has 0 saturated heterocycles. The Morgan fingerprint density at radius 2 is 0.929 bits per heavy atom.